The summed E-state index contributed by atoms with van der Waals surface area (Å²) < 4.78 is 0. The fourth-order valence-electron chi connectivity index (χ4n) is 3.50. The Kier molecular flexibility index (Phi) is 4.55. The van der Waals surface area contributed by atoms with E-state index in [1.807, 2.05) is 60.7 Å². The number of para-hydroxylation sites is 1. The van der Waals surface area contributed by atoms with Crippen LogP contribution in [0.15, 0.2) is 103 Å². The molecule has 0 amide bonds. The van der Waals surface area contributed by atoms with E-state index in [9.17, 15) is 0 Å². The second-order valence-corrected chi connectivity index (χ2v) is 7.30. The maximum atomic E-state index is 6.09. The minimum atomic E-state index is 0.711. The van der Waals surface area contributed by atoms with Gasteiger partial charge in [-0.05, 0) is 35.4 Å². The quantitative estimate of drug-likeness (QED) is 0.322. The molecule has 0 aliphatic heterocycles. The van der Waals surface area contributed by atoms with Crippen LogP contribution in [-0.2, 0) is 0 Å². The van der Waals surface area contributed by atoms with Gasteiger partial charge in [-0.25, -0.2) is 9.97 Å². The SMILES string of the molecule is Clc1ccc(-c2nc(-c3cccc(-c4ccccc4)c3)nc3ccccc23)cc1. The molecule has 138 valence electrons. The molecule has 0 saturated heterocycles. The summed E-state index contributed by atoms with van der Waals surface area (Å²) in [6, 6.07) is 34.6. The van der Waals surface area contributed by atoms with E-state index >= 15 is 0 Å². The van der Waals surface area contributed by atoms with Crippen LogP contribution in [0.3, 0.4) is 0 Å². The molecule has 0 aliphatic carbocycles. The standard InChI is InChI=1S/C26H17ClN2/c27-22-15-13-19(14-16-22)25-23-11-4-5-12-24(23)28-26(29-25)21-10-6-9-20(17-21)18-7-2-1-3-8-18/h1-17H. The highest BCUT2D eigenvalue weighted by Crippen LogP contribution is 2.31. The molecule has 0 N–H and O–H groups in total. The van der Waals surface area contributed by atoms with E-state index in [0.717, 1.165) is 33.3 Å². The molecule has 0 aliphatic rings. The topological polar surface area (TPSA) is 25.8 Å². The van der Waals surface area contributed by atoms with Gasteiger partial charge in [-0.1, -0.05) is 90.5 Å². The Morgan fingerprint density at radius 1 is 0.517 bits per heavy atom. The zero-order valence-corrected chi connectivity index (χ0v) is 16.3. The molecule has 2 nitrogen and oxygen atoms in total. The first kappa shape index (κ1) is 17.6. The molecule has 1 heterocycles. The van der Waals surface area contributed by atoms with Gasteiger partial charge in [-0.3, -0.25) is 0 Å². The van der Waals surface area contributed by atoms with E-state index in [1.54, 1.807) is 0 Å². The molecule has 29 heavy (non-hydrogen) atoms. The Morgan fingerprint density at radius 2 is 1.21 bits per heavy atom. The van der Waals surface area contributed by atoms with Gasteiger partial charge < -0.3 is 0 Å². The van der Waals surface area contributed by atoms with Crippen LogP contribution in [0.4, 0.5) is 0 Å². The van der Waals surface area contributed by atoms with Crippen molar-refractivity contribution in [1.29, 1.82) is 0 Å². The lowest BCUT2D eigenvalue weighted by Crippen LogP contribution is -1.95. The number of benzene rings is 4. The minimum absolute atomic E-state index is 0.711. The first-order valence-electron chi connectivity index (χ1n) is 9.46. The number of aromatic nitrogens is 2. The van der Waals surface area contributed by atoms with Gasteiger partial charge in [0, 0.05) is 21.5 Å². The number of fused-ring (bicyclic) bond motifs is 1. The van der Waals surface area contributed by atoms with Crippen LogP contribution in [0, 0.1) is 0 Å². The van der Waals surface area contributed by atoms with Crippen molar-refractivity contribution in [3.05, 3.63) is 108 Å². The second-order valence-electron chi connectivity index (χ2n) is 6.87. The van der Waals surface area contributed by atoms with Crippen LogP contribution in [0.2, 0.25) is 5.02 Å². The van der Waals surface area contributed by atoms with Crippen molar-refractivity contribution in [3.8, 4) is 33.8 Å². The van der Waals surface area contributed by atoms with Gasteiger partial charge in [0.2, 0.25) is 0 Å². The summed E-state index contributed by atoms with van der Waals surface area (Å²) in [6.07, 6.45) is 0. The highest BCUT2D eigenvalue weighted by molar-refractivity contribution is 6.30. The molecule has 0 spiro atoms. The largest absolute Gasteiger partial charge is 0.228 e. The molecule has 0 unspecified atom stereocenters. The maximum absolute atomic E-state index is 6.09. The third-order valence-electron chi connectivity index (χ3n) is 4.95. The van der Waals surface area contributed by atoms with Gasteiger partial charge in [0.15, 0.2) is 5.82 Å². The van der Waals surface area contributed by atoms with Gasteiger partial charge in [-0.2, -0.15) is 0 Å². The summed E-state index contributed by atoms with van der Waals surface area (Å²) in [7, 11) is 0. The zero-order valence-electron chi connectivity index (χ0n) is 15.6. The summed E-state index contributed by atoms with van der Waals surface area (Å²) >= 11 is 6.09. The molecular weight excluding hydrogens is 376 g/mol. The number of rotatable bonds is 3. The Labute approximate surface area is 174 Å². The van der Waals surface area contributed by atoms with Crippen LogP contribution in [0.5, 0.6) is 0 Å². The van der Waals surface area contributed by atoms with E-state index in [2.05, 4.69) is 42.5 Å². The van der Waals surface area contributed by atoms with Crippen LogP contribution in [0.1, 0.15) is 0 Å². The first-order valence-corrected chi connectivity index (χ1v) is 9.84. The van der Waals surface area contributed by atoms with Crippen molar-refractivity contribution < 1.29 is 0 Å². The van der Waals surface area contributed by atoms with Crippen LogP contribution in [0.25, 0.3) is 44.7 Å². The molecule has 0 bridgehead atoms. The van der Waals surface area contributed by atoms with Crippen LogP contribution < -0.4 is 0 Å². The van der Waals surface area contributed by atoms with Crippen LogP contribution >= 0.6 is 11.6 Å². The van der Waals surface area contributed by atoms with E-state index in [0.29, 0.717) is 10.8 Å². The van der Waals surface area contributed by atoms with Crippen molar-refractivity contribution in [2.45, 2.75) is 0 Å². The number of halogens is 1. The van der Waals surface area contributed by atoms with Crippen LogP contribution in [-0.4, -0.2) is 9.97 Å². The van der Waals surface area contributed by atoms with Crippen molar-refractivity contribution in [2.75, 3.05) is 0 Å². The Hall–Kier alpha value is -3.49. The van der Waals surface area contributed by atoms with Gasteiger partial charge in [0.05, 0.1) is 11.2 Å². The predicted octanol–water partition coefficient (Wildman–Crippen LogP) is 7.28. The molecule has 0 saturated carbocycles. The highest BCUT2D eigenvalue weighted by atomic mass is 35.5. The summed E-state index contributed by atoms with van der Waals surface area (Å²) in [4.78, 5) is 9.80. The lowest BCUT2D eigenvalue weighted by molar-refractivity contribution is 1.23. The fourth-order valence-corrected chi connectivity index (χ4v) is 3.63. The van der Waals surface area contributed by atoms with Gasteiger partial charge in [-0.15, -0.1) is 0 Å². The summed E-state index contributed by atoms with van der Waals surface area (Å²) in [5.74, 6) is 0.714. The average Bonchev–Trinajstić information content (AvgIpc) is 2.79. The van der Waals surface area contributed by atoms with E-state index in [4.69, 9.17) is 21.6 Å². The summed E-state index contributed by atoms with van der Waals surface area (Å²) in [5, 5.41) is 1.74. The Bertz CT molecular complexity index is 1300. The van der Waals surface area contributed by atoms with Crippen molar-refractivity contribution in [1.82, 2.24) is 9.97 Å². The molecular formula is C26H17ClN2. The summed E-state index contributed by atoms with van der Waals surface area (Å²) in [5.41, 5.74) is 6.17. The lowest BCUT2D eigenvalue weighted by Gasteiger charge is -2.10. The highest BCUT2D eigenvalue weighted by Gasteiger charge is 2.12. The minimum Gasteiger partial charge on any atom is -0.228 e. The maximum Gasteiger partial charge on any atom is 0.160 e. The third kappa shape index (κ3) is 3.51. The third-order valence-corrected chi connectivity index (χ3v) is 5.20. The molecule has 4 aromatic carbocycles. The molecule has 0 atom stereocenters. The van der Waals surface area contributed by atoms with Crippen molar-refractivity contribution in [2.24, 2.45) is 0 Å². The molecule has 1 aromatic heterocycles. The average molecular weight is 393 g/mol. The first-order chi connectivity index (χ1) is 14.3. The van der Waals surface area contributed by atoms with E-state index in [1.165, 1.54) is 5.56 Å². The van der Waals surface area contributed by atoms with Crippen molar-refractivity contribution >= 4 is 22.5 Å². The fraction of sp³-hybridized carbons (Fsp3) is 0. The van der Waals surface area contributed by atoms with Gasteiger partial charge in [0.25, 0.3) is 0 Å². The second kappa shape index (κ2) is 7.50. The lowest BCUT2D eigenvalue weighted by atomic mass is 10.0. The molecule has 5 aromatic rings. The van der Waals surface area contributed by atoms with Gasteiger partial charge in [0.1, 0.15) is 0 Å². The number of hydrogen-bond acceptors (Lipinski definition) is 2. The smallest absolute Gasteiger partial charge is 0.160 e. The van der Waals surface area contributed by atoms with E-state index < -0.39 is 0 Å². The Morgan fingerprint density at radius 3 is 2.03 bits per heavy atom. The zero-order chi connectivity index (χ0) is 19.6. The molecule has 5 rings (SSSR count). The molecule has 3 heteroatoms. The molecule has 0 fully saturated rings. The summed E-state index contributed by atoms with van der Waals surface area (Å²) in [6.45, 7) is 0. The Balaban J connectivity index is 1.69. The predicted molar refractivity (Wildman–Crippen MR) is 121 cm³/mol. The van der Waals surface area contributed by atoms with E-state index in [-0.39, 0.29) is 0 Å². The monoisotopic (exact) mass is 392 g/mol. The normalized spacial score (nSPS) is 10.9. The number of hydrogen-bond donors (Lipinski definition) is 0. The van der Waals surface area contributed by atoms with Gasteiger partial charge >= 0.3 is 0 Å². The molecule has 0 radical (unpaired) electrons. The number of nitrogens with zero attached hydrogens (tertiary/aromatic N) is 2. The van der Waals surface area contributed by atoms with Crippen molar-refractivity contribution in [3.63, 3.8) is 0 Å².